The van der Waals surface area contributed by atoms with Gasteiger partial charge in [-0.05, 0) is 96.7 Å². The van der Waals surface area contributed by atoms with Crippen LogP contribution in [-0.4, -0.2) is 17.3 Å². The lowest BCUT2D eigenvalue weighted by Crippen LogP contribution is -2.31. The van der Waals surface area contributed by atoms with E-state index in [1.807, 2.05) is 0 Å². The van der Waals surface area contributed by atoms with E-state index in [1.54, 1.807) is 0 Å². The van der Waals surface area contributed by atoms with Crippen LogP contribution in [0.4, 0.5) is 0 Å². The zero-order valence-corrected chi connectivity index (χ0v) is 19.6. The minimum Gasteiger partial charge on any atom is -0.179 e. The number of hydrogen-bond acceptors (Lipinski definition) is 3. The molecule has 0 nitrogen and oxygen atoms in total. The van der Waals surface area contributed by atoms with Crippen LogP contribution < -0.4 is 0 Å². The Hall–Kier alpha value is 1.05. The molecule has 0 saturated heterocycles. The van der Waals surface area contributed by atoms with E-state index >= 15 is 0 Å². The Balaban J connectivity index is 2.06. The normalized spacial score (nSPS) is 43.0. The monoisotopic (exact) mass is 402 g/mol. The van der Waals surface area contributed by atoms with Crippen molar-refractivity contribution in [3.63, 3.8) is 0 Å². The average Bonchev–Trinajstić information content (AvgIpc) is 2.73. The first kappa shape index (κ1) is 22.3. The third kappa shape index (κ3) is 6.01. The maximum atomic E-state index is 4.80. The highest BCUT2D eigenvalue weighted by atomic mass is 32.1. The minimum atomic E-state index is 0.407. The van der Waals surface area contributed by atoms with Crippen LogP contribution in [0.15, 0.2) is 0 Å². The molecule has 0 aromatic rings. The Morgan fingerprint density at radius 2 is 1.52 bits per heavy atom. The van der Waals surface area contributed by atoms with Crippen molar-refractivity contribution in [1.29, 1.82) is 0 Å². The summed E-state index contributed by atoms with van der Waals surface area (Å²) in [6.45, 7) is 7.38. The molecule has 5 unspecified atom stereocenters. The summed E-state index contributed by atoms with van der Waals surface area (Å²) in [5.74, 6) is 4.96. The third-order valence-electron chi connectivity index (χ3n) is 7.66. The molecule has 3 heteroatoms. The smallest absolute Gasteiger partial charge is 0.00435 e. The van der Waals surface area contributed by atoms with Gasteiger partial charge >= 0.3 is 0 Å². The Kier molecular flexibility index (Phi) is 8.49. The third-order valence-corrected chi connectivity index (χ3v) is 9.41. The van der Waals surface area contributed by atoms with E-state index in [9.17, 15) is 0 Å². The Morgan fingerprint density at radius 3 is 2.12 bits per heavy atom. The summed E-state index contributed by atoms with van der Waals surface area (Å²) >= 11 is 14.1. The summed E-state index contributed by atoms with van der Waals surface area (Å²) in [5.41, 5.74) is 1.41. The van der Waals surface area contributed by atoms with Gasteiger partial charge < -0.3 is 0 Å². The summed E-state index contributed by atoms with van der Waals surface area (Å²) in [5, 5.41) is 0. The van der Waals surface area contributed by atoms with Gasteiger partial charge in [-0.15, -0.1) is 0 Å². The molecule has 0 spiro atoms. The molecule has 0 aliphatic heterocycles. The molecule has 5 atom stereocenters. The molecule has 0 N–H and O–H groups in total. The first-order valence-electron chi connectivity index (χ1n) is 10.6. The van der Waals surface area contributed by atoms with Gasteiger partial charge in [-0.2, -0.15) is 37.9 Å². The molecule has 2 aliphatic rings. The summed E-state index contributed by atoms with van der Waals surface area (Å²) in [7, 11) is 0. The zero-order valence-electron chi connectivity index (χ0n) is 16.9. The van der Waals surface area contributed by atoms with E-state index in [2.05, 4.69) is 46.0 Å². The summed E-state index contributed by atoms with van der Waals surface area (Å²) in [6, 6.07) is 0. The van der Waals surface area contributed by atoms with Gasteiger partial charge in [-0.25, -0.2) is 0 Å². The van der Waals surface area contributed by atoms with Crippen molar-refractivity contribution in [1.82, 2.24) is 0 Å². The highest BCUT2D eigenvalue weighted by Crippen LogP contribution is 2.52. The van der Waals surface area contributed by atoms with Crippen LogP contribution >= 0.6 is 37.9 Å². The zero-order chi connectivity index (χ0) is 18.6. The molecule has 2 aliphatic carbocycles. The molecular formula is C22H42S3. The molecule has 2 saturated carbocycles. The second kappa shape index (κ2) is 9.50. The topological polar surface area (TPSA) is 0 Å². The molecule has 0 heterocycles. The van der Waals surface area contributed by atoms with Gasteiger partial charge in [0.25, 0.3) is 0 Å². The van der Waals surface area contributed by atoms with Gasteiger partial charge in [0.05, 0.1) is 0 Å². The fourth-order valence-electron chi connectivity index (χ4n) is 6.16. The molecule has 0 radical (unpaired) electrons. The molecular weight excluding hydrogens is 360 g/mol. The fourth-order valence-corrected chi connectivity index (χ4v) is 7.16. The molecule has 0 aromatic heterocycles. The second-order valence-electron chi connectivity index (χ2n) is 10.2. The van der Waals surface area contributed by atoms with Crippen LogP contribution in [0.5, 0.6) is 0 Å². The Bertz CT molecular complexity index is 412. The Morgan fingerprint density at radius 1 is 0.880 bits per heavy atom. The van der Waals surface area contributed by atoms with E-state index in [1.165, 1.54) is 70.6 Å². The van der Waals surface area contributed by atoms with Crippen molar-refractivity contribution < 1.29 is 0 Å². The van der Waals surface area contributed by atoms with E-state index in [4.69, 9.17) is 12.6 Å². The predicted molar refractivity (Wildman–Crippen MR) is 124 cm³/mol. The van der Waals surface area contributed by atoms with Gasteiger partial charge in [0, 0.05) is 0 Å². The van der Waals surface area contributed by atoms with Crippen LogP contribution in [0.2, 0.25) is 0 Å². The highest BCUT2D eigenvalue weighted by Gasteiger charge is 2.42. The maximum absolute atomic E-state index is 4.80. The molecule has 0 amide bonds. The number of rotatable bonds is 7. The van der Waals surface area contributed by atoms with Crippen molar-refractivity contribution >= 4 is 37.9 Å². The van der Waals surface area contributed by atoms with Crippen LogP contribution in [0.1, 0.15) is 91.4 Å². The largest absolute Gasteiger partial charge is 0.179 e. The molecule has 2 fully saturated rings. The number of thiol groups is 3. The van der Waals surface area contributed by atoms with Gasteiger partial charge in [-0.1, -0.05) is 40.0 Å². The highest BCUT2D eigenvalue weighted by molar-refractivity contribution is 7.80. The number of hydrogen-bond donors (Lipinski definition) is 3. The molecule has 0 aromatic carbocycles. The van der Waals surface area contributed by atoms with Crippen molar-refractivity contribution in [3.8, 4) is 0 Å². The first-order valence-corrected chi connectivity index (χ1v) is 12.5. The van der Waals surface area contributed by atoms with Crippen molar-refractivity contribution in [2.75, 3.05) is 17.3 Å². The average molecular weight is 403 g/mol. The van der Waals surface area contributed by atoms with Gasteiger partial charge in [-0.3, -0.25) is 0 Å². The quantitative estimate of drug-likeness (QED) is 0.288. The lowest BCUT2D eigenvalue weighted by Gasteiger charge is -2.40. The van der Waals surface area contributed by atoms with E-state index in [0.29, 0.717) is 16.2 Å². The lowest BCUT2D eigenvalue weighted by atomic mass is 9.67. The van der Waals surface area contributed by atoms with E-state index < -0.39 is 0 Å². The van der Waals surface area contributed by atoms with Crippen LogP contribution in [-0.2, 0) is 0 Å². The molecule has 2 rings (SSSR count). The molecule has 148 valence electrons. The lowest BCUT2D eigenvalue weighted by molar-refractivity contribution is 0.140. The van der Waals surface area contributed by atoms with Gasteiger partial charge in [0.1, 0.15) is 0 Å². The van der Waals surface area contributed by atoms with Gasteiger partial charge in [0.2, 0.25) is 0 Å². The van der Waals surface area contributed by atoms with Crippen molar-refractivity contribution in [2.45, 2.75) is 91.4 Å². The van der Waals surface area contributed by atoms with Crippen LogP contribution in [0.25, 0.3) is 0 Å². The van der Waals surface area contributed by atoms with Crippen molar-refractivity contribution in [3.05, 3.63) is 0 Å². The van der Waals surface area contributed by atoms with Gasteiger partial charge in [0.15, 0.2) is 0 Å². The van der Waals surface area contributed by atoms with Crippen LogP contribution in [0, 0.1) is 28.1 Å². The first-order chi connectivity index (χ1) is 11.8. The molecule has 0 bridgehead atoms. The van der Waals surface area contributed by atoms with Crippen LogP contribution in [0.3, 0.4) is 0 Å². The molecule has 25 heavy (non-hydrogen) atoms. The predicted octanol–water partition coefficient (Wildman–Crippen LogP) is 7.35. The second-order valence-corrected chi connectivity index (χ2v) is 11.3. The van der Waals surface area contributed by atoms with E-state index in [0.717, 1.165) is 29.1 Å². The summed E-state index contributed by atoms with van der Waals surface area (Å²) in [6.07, 6.45) is 15.3. The SMILES string of the molecule is CCC1(CCS)CCC(CC2CCCC(C)(CS)C2)CC(C)(CS)C1. The standard InChI is InChI=1S/C22H42S3/c1-4-22(10-11-23)9-7-19(14-21(3,15-22)17-25)12-18-6-5-8-20(2,13-18)16-24/h18-19,23-25H,4-17H2,1-3H3. The summed E-state index contributed by atoms with van der Waals surface area (Å²) in [4.78, 5) is 0. The Labute approximate surface area is 174 Å². The van der Waals surface area contributed by atoms with Crippen molar-refractivity contribution in [2.24, 2.45) is 28.1 Å². The summed E-state index contributed by atoms with van der Waals surface area (Å²) < 4.78 is 0. The fraction of sp³-hybridized carbons (Fsp3) is 1.00. The van der Waals surface area contributed by atoms with E-state index in [-0.39, 0.29) is 0 Å². The minimum absolute atomic E-state index is 0.407. The maximum Gasteiger partial charge on any atom is -0.00435 e.